The SMILES string of the molecule is C=CC(C)(C)CC.[H-].[H-].[Mg+2]. The van der Waals surface area contributed by atoms with Crippen molar-refractivity contribution in [3.63, 3.8) is 0 Å². The van der Waals surface area contributed by atoms with Gasteiger partial charge in [-0.1, -0.05) is 26.8 Å². The van der Waals surface area contributed by atoms with E-state index in [1.807, 2.05) is 6.08 Å². The summed E-state index contributed by atoms with van der Waals surface area (Å²) < 4.78 is 0. The van der Waals surface area contributed by atoms with Crippen LogP contribution in [-0.2, 0) is 0 Å². The van der Waals surface area contributed by atoms with Crippen LogP contribution in [0.5, 0.6) is 0 Å². The van der Waals surface area contributed by atoms with Crippen molar-refractivity contribution in [2.24, 2.45) is 5.41 Å². The minimum absolute atomic E-state index is 0. The summed E-state index contributed by atoms with van der Waals surface area (Å²) in [5.74, 6) is 0. The Balaban J connectivity index is -0.0000000600. The zero-order valence-corrected chi connectivity index (χ0v) is 7.61. The molecule has 0 N–H and O–H groups in total. The van der Waals surface area contributed by atoms with Gasteiger partial charge in [0.2, 0.25) is 0 Å². The van der Waals surface area contributed by atoms with Gasteiger partial charge in [0.05, 0.1) is 0 Å². The molecule has 0 aromatic heterocycles. The van der Waals surface area contributed by atoms with Crippen LogP contribution < -0.4 is 0 Å². The van der Waals surface area contributed by atoms with Crippen molar-refractivity contribution in [3.8, 4) is 0 Å². The summed E-state index contributed by atoms with van der Waals surface area (Å²) in [6, 6.07) is 0. The summed E-state index contributed by atoms with van der Waals surface area (Å²) in [5, 5.41) is 0. The van der Waals surface area contributed by atoms with E-state index >= 15 is 0 Å². The average Bonchev–Trinajstić information content (AvgIpc) is 1.68. The van der Waals surface area contributed by atoms with Gasteiger partial charge in [-0.2, -0.15) is 0 Å². The zero-order chi connectivity index (χ0) is 5.91. The third-order valence-corrected chi connectivity index (χ3v) is 1.46. The quantitative estimate of drug-likeness (QED) is 0.392. The number of hydrogen-bond donors (Lipinski definition) is 0. The Kier molecular flexibility index (Phi) is 6.21. The second-order valence-electron chi connectivity index (χ2n) is 2.55. The first-order valence-corrected chi connectivity index (χ1v) is 2.76. The first kappa shape index (κ1) is 11.3. The van der Waals surface area contributed by atoms with Gasteiger partial charge in [-0.15, -0.1) is 6.58 Å². The smallest absolute Gasteiger partial charge is 1.00 e. The number of hydrogen-bond acceptors (Lipinski definition) is 0. The molecule has 0 radical (unpaired) electrons. The molecule has 0 amide bonds. The molecule has 1 heteroatoms. The van der Waals surface area contributed by atoms with Crippen LogP contribution in [0.1, 0.15) is 30.0 Å². The van der Waals surface area contributed by atoms with Gasteiger partial charge in [-0.3, -0.25) is 0 Å². The van der Waals surface area contributed by atoms with E-state index in [1.165, 1.54) is 6.42 Å². The van der Waals surface area contributed by atoms with E-state index in [-0.39, 0.29) is 25.9 Å². The van der Waals surface area contributed by atoms with E-state index in [9.17, 15) is 0 Å². The molecule has 0 saturated carbocycles. The molecule has 0 aromatic carbocycles. The summed E-state index contributed by atoms with van der Waals surface area (Å²) in [6.45, 7) is 10.2. The normalized spacial score (nSPS) is 9.88. The molecule has 0 fully saturated rings. The molecule has 8 heavy (non-hydrogen) atoms. The van der Waals surface area contributed by atoms with Crippen LogP contribution in [0.15, 0.2) is 12.7 Å². The van der Waals surface area contributed by atoms with E-state index < -0.39 is 0 Å². The van der Waals surface area contributed by atoms with Crippen molar-refractivity contribution in [3.05, 3.63) is 12.7 Å². The molecular formula is C7H16Mg. The van der Waals surface area contributed by atoms with Crippen LogP contribution in [0.25, 0.3) is 0 Å². The fourth-order valence-electron chi connectivity index (χ4n) is 0.144. The molecule has 0 saturated heterocycles. The predicted molar refractivity (Wildman–Crippen MR) is 42.2 cm³/mol. The minimum atomic E-state index is 0. The molecule has 0 aromatic rings. The van der Waals surface area contributed by atoms with Crippen molar-refractivity contribution in [2.75, 3.05) is 0 Å². The Morgan fingerprint density at radius 1 is 1.62 bits per heavy atom. The van der Waals surface area contributed by atoms with Crippen molar-refractivity contribution < 1.29 is 2.85 Å². The van der Waals surface area contributed by atoms with Crippen LogP contribution in [0.3, 0.4) is 0 Å². The summed E-state index contributed by atoms with van der Waals surface area (Å²) in [5.41, 5.74) is 0.347. The minimum Gasteiger partial charge on any atom is -1.00 e. The van der Waals surface area contributed by atoms with E-state index in [4.69, 9.17) is 0 Å². The molecule has 0 aliphatic heterocycles. The van der Waals surface area contributed by atoms with E-state index in [1.54, 1.807) is 0 Å². The zero-order valence-electron chi connectivity index (χ0n) is 8.20. The van der Waals surface area contributed by atoms with Crippen LogP contribution in [0, 0.1) is 5.41 Å². The third-order valence-electron chi connectivity index (χ3n) is 1.46. The average molecular weight is 125 g/mol. The molecule has 0 rings (SSSR count). The Labute approximate surface area is 71.5 Å². The second-order valence-corrected chi connectivity index (χ2v) is 2.55. The Bertz CT molecular complexity index is 72.0. The monoisotopic (exact) mass is 124 g/mol. The standard InChI is InChI=1S/C7H14.Mg.2H/c1-5-7(3,4)6-2;;;/h5H,1,6H2,2-4H3;;;/q;+2;2*-1. The second kappa shape index (κ2) is 4.39. The molecule has 0 unspecified atom stereocenters. The maximum absolute atomic E-state index is 3.70. The van der Waals surface area contributed by atoms with Gasteiger partial charge in [0, 0.05) is 0 Å². The van der Waals surface area contributed by atoms with Crippen LogP contribution in [-0.4, -0.2) is 23.1 Å². The summed E-state index contributed by atoms with van der Waals surface area (Å²) in [4.78, 5) is 0. The largest absolute Gasteiger partial charge is 2.00 e. The van der Waals surface area contributed by atoms with Crippen molar-refractivity contribution >= 4 is 23.1 Å². The van der Waals surface area contributed by atoms with Gasteiger partial charge < -0.3 is 2.85 Å². The van der Waals surface area contributed by atoms with Crippen LogP contribution in [0.4, 0.5) is 0 Å². The van der Waals surface area contributed by atoms with Gasteiger partial charge in [0.25, 0.3) is 0 Å². The number of rotatable bonds is 2. The Morgan fingerprint density at radius 3 is 2.00 bits per heavy atom. The first-order chi connectivity index (χ1) is 3.12. The van der Waals surface area contributed by atoms with Gasteiger partial charge in [-0.05, 0) is 11.8 Å². The van der Waals surface area contributed by atoms with Gasteiger partial charge in [-0.25, -0.2) is 0 Å². The maximum Gasteiger partial charge on any atom is 2.00 e. The number of allylic oxidation sites excluding steroid dienone is 1. The molecule has 0 bridgehead atoms. The molecule has 0 atom stereocenters. The third kappa shape index (κ3) is 4.66. The van der Waals surface area contributed by atoms with Crippen LogP contribution in [0.2, 0.25) is 0 Å². The van der Waals surface area contributed by atoms with Gasteiger partial charge in [0.15, 0.2) is 0 Å². The summed E-state index contributed by atoms with van der Waals surface area (Å²) in [7, 11) is 0. The first-order valence-electron chi connectivity index (χ1n) is 2.76. The predicted octanol–water partition coefficient (Wildman–Crippen LogP) is 2.45. The van der Waals surface area contributed by atoms with Crippen molar-refractivity contribution in [1.29, 1.82) is 0 Å². The molecule has 0 heterocycles. The maximum atomic E-state index is 3.70. The molecule has 0 spiro atoms. The Hall–Kier alpha value is 0.506. The van der Waals surface area contributed by atoms with Crippen molar-refractivity contribution in [2.45, 2.75) is 27.2 Å². The summed E-state index contributed by atoms with van der Waals surface area (Å²) >= 11 is 0. The topological polar surface area (TPSA) is 0 Å². The fourth-order valence-corrected chi connectivity index (χ4v) is 0.144. The van der Waals surface area contributed by atoms with E-state index in [0.29, 0.717) is 5.41 Å². The molecule has 46 valence electrons. The van der Waals surface area contributed by atoms with Crippen LogP contribution >= 0.6 is 0 Å². The van der Waals surface area contributed by atoms with E-state index in [2.05, 4.69) is 27.4 Å². The summed E-state index contributed by atoms with van der Waals surface area (Å²) in [6.07, 6.45) is 3.17. The van der Waals surface area contributed by atoms with Crippen molar-refractivity contribution in [1.82, 2.24) is 0 Å². The Morgan fingerprint density at radius 2 is 2.00 bits per heavy atom. The molecule has 0 nitrogen and oxygen atoms in total. The van der Waals surface area contributed by atoms with Gasteiger partial charge in [0.1, 0.15) is 0 Å². The molecule has 0 aliphatic rings. The molecular weight excluding hydrogens is 108 g/mol. The fraction of sp³-hybridized carbons (Fsp3) is 0.714. The van der Waals surface area contributed by atoms with Gasteiger partial charge >= 0.3 is 23.1 Å². The molecule has 0 aliphatic carbocycles. The van der Waals surface area contributed by atoms with E-state index in [0.717, 1.165) is 0 Å².